The van der Waals surface area contributed by atoms with Gasteiger partial charge in [-0.1, -0.05) is 11.6 Å². The number of carbonyl (C=O) groups is 1. The van der Waals surface area contributed by atoms with Crippen LogP contribution in [0.4, 0.5) is 0 Å². The van der Waals surface area contributed by atoms with E-state index in [1.165, 1.54) is 0 Å². The quantitative estimate of drug-likeness (QED) is 0.490. The van der Waals surface area contributed by atoms with E-state index in [0.717, 1.165) is 53.9 Å². The Hall–Kier alpha value is -3.10. The number of piperidine rings is 1. The lowest BCUT2D eigenvalue weighted by atomic mass is 9.90. The van der Waals surface area contributed by atoms with Gasteiger partial charge in [0.05, 0.1) is 35.5 Å². The van der Waals surface area contributed by atoms with E-state index in [9.17, 15) is 9.59 Å². The molecule has 0 radical (unpaired) electrons. The lowest BCUT2D eigenvalue weighted by Crippen LogP contribution is -2.39. The summed E-state index contributed by atoms with van der Waals surface area (Å²) in [5.41, 5.74) is 5.35. The highest BCUT2D eigenvalue weighted by atomic mass is 35.5. The fraction of sp³-hybridized carbons (Fsp3) is 0.483. The van der Waals surface area contributed by atoms with Crippen LogP contribution in [0.2, 0.25) is 5.02 Å². The van der Waals surface area contributed by atoms with Gasteiger partial charge in [-0.2, -0.15) is 5.10 Å². The van der Waals surface area contributed by atoms with Crippen LogP contribution < -0.4 is 10.3 Å². The number of H-pyrrole nitrogens is 1. The Kier molecular flexibility index (Phi) is 7.38. The van der Waals surface area contributed by atoms with Crippen LogP contribution in [-0.4, -0.2) is 63.3 Å². The maximum Gasteiger partial charge on any atom is 0.256 e. The SMILES string of the molecule is Cc1cc(C)c(CN2CCc3c(-c4cnn(C5CCN(C)CC5)c4)cc(OC(C)C)c(Cl)c3C2=O)c(=O)[nH]1. The number of hydrogen-bond donors (Lipinski definition) is 1. The van der Waals surface area contributed by atoms with Gasteiger partial charge in [0.2, 0.25) is 0 Å². The fourth-order valence-electron chi connectivity index (χ4n) is 5.61. The van der Waals surface area contributed by atoms with Crippen molar-refractivity contribution in [2.24, 2.45) is 0 Å². The number of amides is 1. The number of halogens is 1. The molecule has 2 aromatic heterocycles. The highest BCUT2D eigenvalue weighted by Gasteiger charge is 2.32. The summed E-state index contributed by atoms with van der Waals surface area (Å²) in [6.45, 7) is 10.5. The zero-order valence-electron chi connectivity index (χ0n) is 22.8. The standard InChI is InChI=1S/C29H36ClN5O3/c1-17(2)38-25-13-23(20-14-31-35(15-20)21-6-9-33(5)10-7-21)22-8-11-34(29(37)26(22)27(25)30)16-24-18(3)12-19(4)32-28(24)36/h12-15,17,21H,6-11,16H2,1-5H3,(H,32,36). The molecule has 0 unspecified atom stereocenters. The number of ether oxygens (including phenoxy) is 1. The number of aromatic nitrogens is 3. The molecule has 1 saturated heterocycles. The molecule has 1 amide bonds. The third-order valence-corrected chi connectivity index (χ3v) is 8.03. The number of carbonyl (C=O) groups excluding carboxylic acids is 1. The molecule has 1 aromatic carbocycles. The number of aryl methyl sites for hydroxylation is 2. The number of nitrogens with one attached hydrogen (secondary N) is 1. The largest absolute Gasteiger partial charge is 0.489 e. The number of likely N-dealkylation sites (tertiary alicyclic amines) is 1. The molecule has 3 aromatic rings. The first-order valence-electron chi connectivity index (χ1n) is 13.4. The van der Waals surface area contributed by atoms with Gasteiger partial charge in [-0.15, -0.1) is 0 Å². The number of benzene rings is 1. The minimum Gasteiger partial charge on any atom is -0.489 e. The predicted octanol–water partition coefficient (Wildman–Crippen LogP) is 4.76. The van der Waals surface area contributed by atoms with Gasteiger partial charge in [-0.05, 0) is 95.9 Å². The van der Waals surface area contributed by atoms with Crippen LogP contribution in [0.5, 0.6) is 5.75 Å². The second-order valence-electron chi connectivity index (χ2n) is 10.9. The average molecular weight is 538 g/mol. The molecule has 2 aliphatic rings. The molecule has 0 aliphatic carbocycles. The van der Waals surface area contributed by atoms with Gasteiger partial charge >= 0.3 is 0 Å². The monoisotopic (exact) mass is 537 g/mol. The first kappa shape index (κ1) is 26.5. The van der Waals surface area contributed by atoms with Crippen molar-refractivity contribution in [2.75, 3.05) is 26.7 Å². The number of fused-ring (bicyclic) bond motifs is 1. The molecule has 5 rings (SSSR count). The van der Waals surface area contributed by atoms with E-state index in [1.54, 1.807) is 4.90 Å². The molecule has 8 nitrogen and oxygen atoms in total. The van der Waals surface area contributed by atoms with Crippen LogP contribution in [-0.2, 0) is 13.0 Å². The Morgan fingerprint density at radius 3 is 2.58 bits per heavy atom. The smallest absolute Gasteiger partial charge is 0.256 e. The topological polar surface area (TPSA) is 83.5 Å². The lowest BCUT2D eigenvalue weighted by molar-refractivity contribution is 0.0725. The van der Waals surface area contributed by atoms with E-state index in [4.69, 9.17) is 21.4 Å². The van der Waals surface area contributed by atoms with E-state index >= 15 is 0 Å². The number of aromatic amines is 1. The molecular weight excluding hydrogens is 502 g/mol. The van der Waals surface area contributed by atoms with Gasteiger partial charge in [-0.25, -0.2) is 0 Å². The van der Waals surface area contributed by atoms with Crippen molar-refractivity contribution in [3.8, 4) is 16.9 Å². The third-order valence-electron chi connectivity index (χ3n) is 7.65. The molecule has 0 saturated carbocycles. The second-order valence-corrected chi connectivity index (χ2v) is 11.3. The van der Waals surface area contributed by atoms with Gasteiger partial charge < -0.3 is 19.5 Å². The first-order valence-corrected chi connectivity index (χ1v) is 13.7. The number of nitrogens with zero attached hydrogens (tertiary/aromatic N) is 4. The van der Waals surface area contributed by atoms with E-state index < -0.39 is 0 Å². The van der Waals surface area contributed by atoms with Crippen LogP contribution in [0.3, 0.4) is 0 Å². The normalized spacial score (nSPS) is 16.8. The zero-order chi connectivity index (χ0) is 27.1. The molecule has 0 bridgehead atoms. The van der Waals surface area contributed by atoms with Gasteiger partial charge in [-0.3, -0.25) is 14.3 Å². The number of pyridine rings is 1. The molecule has 4 heterocycles. The summed E-state index contributed by atoms with van der Waals surface area (Å²) in [4.78, 5) is 33.5. The molecule has 1 N–H and O–H groups in total. The summed E-state index contributed by atoms with van der Waals surface area (Å²) < 4.78 is 8.14. The van der Waals surface area contributed by atoms with Gasteiger partial charge in [0, 0.05) is 29.6 Å². The number of rotatable bonds is 6. The van der Waals surface area contributed by atoms with E-state index in [-0.39, 0.29) is 24.1 Å². The van der Waals surface area contributed by atoms with Crippen molar-refractivity contribution in [1.82, 2.24) is 24.6 Å². The molecule has 0 spiro atoms. The van der Waals surface area contributed by atoms with Gasteiger partial charge in [0.1, 0.15) is 5.75 Å². The molecule has 1 fully saturated rings. The molecule has 2 aliphatic heterocycles. The molecular formula is C29H36ClN5O3. The highest BCUT2D eigenvalue weighted by molar-refractivity contribution is 6.35. The Bertz CT molecular complexity index is 1420. The van der Waals surface area contributed by atoms with Gasteiger partial charge in [0.25, 0.3) is 11.5 Å². The fourth-order valence-corrected chi connectivity index (χ4v) is 5.91. The minimum absolute atomic E-state index is 0.107. The maximum absolute atomic E-state index is 13.9. The van der Waals surface area contributed by atoms with E-state index in [1.807, 2.05) is 46.0 Å². The van der Waals surface area contributed by atoms with Crippen LogP contribution in [0, 0.1) is 13.8 Å². The van der Waals surface area contributed by atoms with Crippen molar-refractivity contribution in [3.05, 3.63) is 67.9 Å². The summed E-state index contributed by atoms with van der Waals surface area (Å²) in [6, 6.07) is 4.25. The van der Waals surface area contributed by atoms with Crippen LogP contribution in [0.1, 0.15) is 65.5 Å². The van der Waals surface area contributed by atoms with Crippen molar-refractivity contribution >= 4 is 17.5 Å². The van der Waals surface area contributed by atoms with Crippen molar-refractivity contribution in [2.45, 2.75) is 65.6 Å². The van der Waals surface area contributed by atoms with Crippen LogP contribution >= 0.6 is 11.6 Å². The van der Waals surface area contributed by atoms with E-state index in [2.05, 4.69) is 27.8 Å². The molecule has 0 atom stereocenters. The molecule has 202 valence electrons. The Labute approximate surface area is 228 Å². The third kappa shape index (κ3) is 5.12. The average Bonchev–Trinajstić information content (AvgIpc) is 3.34. The summed E-state index contributed by atoms with van der Waals surface area (Å²) in [6.07, 6.45) is 6.60. The first-order chi connectivity index (χ1) is 18.1. The molecule has 38 heavy (non-hydrogen) atoms. The summed E-state index contributed by atoms with van der Waals surface area (Å²) >= 11 is 6.85. The second kappa shape index (κ2) is 10.6. The van der Waals surface area contributed by atoms with Crippen LogP contribution in [0.25, 0.3) is 11.1 Å². The van der Waals surface area contributed by atoms with Crippen molar-refractivity contribution in [3.63, 3.8) is 0 Å². The number of hydrogen-bond acceptors (Lipinski definition) is 5. The van der Waals surface area contributed by atoms with Crippen molar-refractivity contribution in [1.29, 1.82) is 0 Å². The maximum atomic E-state index is 13.9. The highest BCUT2D eigenvalue weighted by Crippen LogP contribution is 2.41. The Balaban J connectivity index is 1.53. The Morgan fingerprint density at radius 2 is 1.89 bits per heavy atom. The van der Waals surface area contributed by atoms with E-state index in [0.29, 0.717) is 40.9 Å². The Morgan fingerprint density at radius 1 is 1.16 bits per heavy atom. The van der Waals surface area contributed by atoms with Gasteiger partial charge in [0.15, 0.2) is 0 Å². The summed E-state index contributed by atoms with van der Waals surface area (Å²) in [5, 5.41) is 5.03. The molecule has 9 heteroatoms. The summed E-state index contributed by atoms with van der Waals surface area (Å²) in [7, 11) is 2.15. The van der Waals surface area contributed by atoms with Crippen molar-refractivity contribution < 1.29 is 9.53 Å². The summed E-state index contributed by atoms with van der Waals surface area (Å²) in [5.74, 6) is 0.302. The zero-order valence-corrected chi connectivity index (χ0v) is 23.6. The predicted molar refractivity (Wildman–Crippen MR) is 149 cm³/mol. The lowest BCUT2D eigenvalue weighted by Gasteiger charge is -2.31. The minimum atomic E-state index is -0.186. The van der Waals surface area contributed by atoms with Crippen LogP contribution in [0.15, 0.2) is 29.3 Å².